The second-order valence-corrected chi connectivity index (χ2v) is 4.31. The van der Waals surface area contributed by atoms with Crippen LogP contribution in [0.5, 0.6) is 0 Å². The van der Waals surface area contributed by atoms with Gasteiger partial charge in [-0.25, -0.2) is 4.98 Å². The number of nitrogens with zero attached hydrogens (tertiary/aromatic N) is 2. The van der Waals surface area contributed by atoms with E-state index >= 15 is 0 Å². The van der Waals surface area contributed by atoms with Crippen LogP contribution in [0.15, 0.2) is 6.07 Å². The van der Waals surface area contributed by atoms with Crippen LogP contribution < -0.4 is 10.6 Å². The molecule has 1 aromatic heterocycles. The highest BCUT2D eigenvalue weighted by Crippen LogP contribution is 2.31. The van der Waals surface area contributed by atoms with Gasteiger partial charge >= 0.3 is 6.18 Å². The number of aromatic nitrogens is 2. The van der Waals surface area contributed by atoms with Gasteiger partial charge in [0.2, 0.25) is 5.95 Å². The first-order chi connectivity index (χ1) is 8.49. The van der Waals surface area contributed by atoms with Crippen molar-refractivity contribution in [3.8, 4) is 0 Å². The van der Waals surface area contributed by atoms with Crippen molar-refractivity contribution in [2.75, 3.05) is 23.7 Å². The van der Waals surface area contributed by atoms with Crippen LogP contribution in [0.1, 0.15) is 25.5 Å². The molecule has 1 aliphatic carbocycles. The van der Waals surface area contributed by atoms with Crippen molar-refractivity contribution in [3.63, 3.8) is 0 Å². The summed E-state index contributed by atoms with van der Waals surface area (Å²) in [4.78, 5) is 7.45. The highest BCUT2D eigenvalue weighted by Gasteiger charge is 2.33. The molecular formula is C11H15F3N4. The molecule has 1 saturated carbocycles. The molecule has 2 rings (SSSR count). The second-order valence-electron chi connectivity index (χ2n) is 4.31. The Labute approximate surface area is 103 Å². The molecular weight excluding hydrogens is 245 g/mol. The van der Waals surface area contributed by atoms with Gasteiger partial charge < -0.3 is 10.6 Å². The zero-order valence-electron chi connectivity index (χ0n) is 10.0. The van der Waals surface area contributed by atoms with Gasteiger partial charge in [0.1, 0.15) is 5.82 Å². The summed E-state index contributed by atoms with van der Waals surface area (Å²) < 4.78 is 38.0. The Kier molecular flexibility index (Phi) is 3.58. The molecule has 0 saturated heterocycles. The van der Waals surface area contributed by atoms with Crippen molar-refractivity contribution < 1.29 is 13.2 Å². The minimum Gasteiger partial charge on any atom is -0.370 e. The van der Waals surface area contributed by atoms with Gasteiger partial charge in [0.05, 0.1) is 0 Å². The quantitative estimate of drug-likeness (QED) is 0.854. The second kappa shape index (κ2) is 4.99. The van der Waals surface area contributed by atoms with Gasteiger partial charge in [0.25, 0.3) is 0 Å². The normalized spacial score (nSPS) is 15.6. The first-order valence-corrected chi connectivity index (χ1v) is 5.93. The number of hydrogen-bond donors (Lipinski definition) is 2. The van der Waals surface area contributed by atoms with Crippen LogP contribution in [0.4, 0.5) is 24.9 Å². The minimum atomic E-state index is -4.46. The van der Waals surface area contributed by atoms with Crippen LogP contribution >= 0.6 is 0 Å². The zero-order valence-corrected chi connectivity index (χ0v) is 10.0. The summed E-state index contributed by atoms with van der Waals surface area (Å²) >= 11 is 0. The lowest BCUT2D eigenvalue weighted by molar-refractivity contribution is -0.141. The number of hydrogen-bond acceptors (Lipinski definition) is 4. The molecule has 0 aromatic carbocycles. The van der Waals surface area contributed by atoms with E-state index in [0.29, 0.717) is 19.0 Å². The monoisotopic (exact) mass is 260 g/mol. The van der Waals surface area contributed by atoms with E-state index in [4.69, 9.17) is 0 Å². The van der Waals surface area contributed by atoms with Crippen LogP contribution in [0.3, 0.4) is 0 Å². The lowest BCUT2D eigenvalue weighted by Gasteiger charge is -2.11. The SMILES string of the molecule is CCNc1nc(NCC2CC2)cc(C(F)(F)F)n1. The summed E-state index contributed by atoms with van der Waals surface area (Å²) in [6.07, 6.45) is -2.20. The Bertz CT molecular complexity index is 415. The lowest BCUT2D eigenvalue weighted by atomic mass is 10.3. The molecule has 0 bridgehead atoms. The Balaban J connectivity index is 2.17. The highest BCUT2D eigenvalue weighted by atomic mass is 19.4. The summed E-state index contributed by atoms with van der Waals surface area (Å²) in [6.45, 7) is 2.92. The van der Waals surface area contributed by atoms with Gasteiger partial charge in [-0.3, -0.25) is 0 Å². The topological polar surface area (TPSA) is 49.8 Å². The van der Waals surface area contributed by atoms with E-state index in [9.17, 15) is 13.2 Å². The molecule has 100 valence electrons. The average molecular weight is 260 g/mol. The summed E-state index contributed by atoms with van der Waals surface area (Å²) in [5.41, 5.74) is -0.924. The molecule has 0 spiro atoms. The smallest absolute Gasteiger partial charge is 0.370 e. The van der Waals surface area contributed by atoms with Crippen molar-refractivity contribution in [2.45, 2.75) is 25.9 Å². The summed E-state index contributed by atoms with van der Waals surface area (Å²) in [7, 11) is 0. The van der Waals surface area contributed by atoms with Crippen LogP contribution in [0.25, 0.3) is 0 Å². The Morgan fingerprint density at radius 2 is 2.00 bits per heavy atom. The molecule has 0 atom stereocenters. The molecule has 4 nitrogen and oxygen atoms in total. The number of anilines is 2. The third-order valence-electron chi connectivity index (χ3n) is 2.62. The molecule has 2 N–H and O–H groups in total. The molecule has 7 heteroatoms. The van der Waals surface area contributed by atoms with E-state index < -0.39 is 11.9 Å². The van der Waals surface area contributed by atoms with Crippen molar-refractivity contribution in [1.82, 2.24) is 9.97 Å². The Morgan fingerprint density at radius 1 is 1.28 bits per heavy atom. The fourth-order valence-corrected chi connectivity index (χ4v) is 1.49. The van der Waals surface area contributed by atoms with Crippen LogP contribution in [-0.2, 0) is 6.18 Å². The van der Waals surface area contributed by atoms with Gasteiger partial charge in [-0.15, -0.1) is 0 Å². The first-order valence-electron chi connectivity index (χ1n) is 5.93. The van der Waals surface area contributed by atoms with Crippen molar-refractivity contribution >= 4 is 11.8 Å². The zero-order chi connectivity index (χ0) is 13.2. The maximum absolute atomic E-state index is 12.7. The highest BCUT2D eigenvalue weighted by molar-refractivity contribution is 5.43. The molecule has 1 fully saturated rings. The summed E-state index contributed by atoms with van der Waals surface area (Å²) in [6, 6.07) is 0.948. The van der Waals surface area contributed by atoms with E-state index in [1.54, 1.807) is 6.92 Å². The molecule has 18 heavy (non-hydrogen) atoms. The van der Waals surface area contributed by atoms with E-state index in [-0.39, 0.29) is 11.8 Å². The van der Waals surface area contributed by atoms with Gasteiger partial charge in [0, 0.05) is 19.2 Å². The molecule has 1 aliphatic rings. The number of alkyl halides is 3. The standard InChI is InChI=1S/C11H15F3N4/c1-2-15-10-17-8(11(12,13)14)5-9(18-10)16-6-7-3-4-7/h5,7H,2-4,6H2,1H3,(H2,15,16,17,18). The summed E-state index contributed by atoms with van der Waals surface area (Å²) in [5, 5.41) is 5.63. The minimum absolute atomic E-state index is 0.00521. The number of nitrogens with one attached hydrogen (secondary N) is 2. The van der Waals surface area contributed by atoms with Crippen LogP contribution in [0, 0.1) is 5.92 Å². The maximum atomic E-state index is 12.7. The van der Waals surface area contributed by atoms with E-state index in [1.165, 1.54) is 0 Å². The van der Waals surface area contributed by atoms with Crippen molar-refractivity contribution in [1.29, 1.82) is 0 Å². The Hall–Kier alpha value is -1.53. The molecule has 0 amide bonds. The van der Waals surface area contributed by atoms with Crippen LogP contribution in [-0.4, -0.2) is 23.1 Å². The van der Waals surface area contributed by atoms with E-state index in [0.717, 1.165) is 18.9 Å². The van der Waals surface area contributed by atoms with Crippen molar-refractivity contribution in [2.24, 2.45) is 5.92 Å². The van der Waals surface area contributed by atoms with Gasteiger partial charge in [-0.2, -0.15) is 18.2 Å². The van der Waals surface area contributed by atoms with Gasteiger partial charge in [-0.1, -0.05) is 0 Å². The lowest BCUT2D eigenvalue weighted by Crippen LogP contribution is -2.14. The molecule has 0 radical (unpaired) electrons. The fraction of sp³-hybridized carbons (Fsp3) is 0.636. The average Bonchev–Trinajstić information content (AvgIpc) is 3.09. The third kappa shape index (κ3) is 3.48. The number of halogens is 3. The first kappa shape index (κ1) is 12.9. The van der Waals surface area contributed by atoms with E-state index in [2.05, 4.69) is 20.6 Å². The predicted molar refractivity (Wildman–Crippen MR) is 62.4 cm³/mol. The molecule has 1 heterocycles. The largest absolute Gasteiger partial charge is 0.433 e. The Morgan fingerprint density at radius 3 is 2.56 bits per heavy atom. The van der Waals surface area contributed by atoms with Crippen LogP contribution in [0.2, 0.25) is 0 Å². The third-order valence-corrected chi connectivity index (χ3v) is 2.62. The molecule has 0 aliphatic heterocycles. The van der Waals surface area contributed by atoms with E-state index in [1.807, 2.05) is 0 Å². The fourth-order valence-electron chi connectivity index (χ4n) is 1.49. The van der Waals surface area contributed by atoms with Crippen molar-refractivity contribution in [3.05, 3.63) is 11.8 Å². The molecule has 1 aromatic rings. The number of rotatable bonds is 5. The maximum Gasteiger partial charge on any atom is 0.433 e. The van der Waals surface area contributed by atoms with Gasteiger partial charge in [0.15, 0.2) is 5.69 Å². The summed E-state index contributed by atoms with van der Waals surface area (Å²) in [5.74, 6) is 0.794. The predicted octanol–water partition coefficient (Wildman–Crippen LogP) is 2.75. The molecule has 0 unspecified atom stereocenters. The van der Waals surface area contributed by atoms with Gasteiger partial charge in [-0.05, 0) is 25.7 Å².